The van der Waals surface area contributed by atoms with Gasteiger partial charge in [-0.25, -0.2) is 9.29 Å². The Hall–Kier alpha value is -4.13. The lowest BCUT2D eigenvalue weighted by atomic mass is 10.0. The number of hydrogen-bond acceptors (Lipinski definition) is 5. The summed E-state index contributed by atoms with van der Waals surface area (Å²) in [6, 6.07) is 18.1. The fraction of sp³-hybridized carbons (Fsp3) is 0.185. The van der Waals surface area contributed by atoms with E-state index in [1.807, 2.05) is 26.0 Å². The highest BCUT2D eigenvalue weighted by molar-refractivity contribution is 6.46. The Morgan fingerprint density at radius 1 is 0.971 bits per heavy atom. The molecule has 2 amide bonds. The van der Waals surface area contributed by atoms with Crippen molar-refractivity contribution in [3.8, 4) is 11.5 Å². The number of methoxy groups -OCH3 is 1. The quantitative estimate of drug-likeness (QED) is 0.461. The number of carbonyl (C=O) groups is 2. The Kier molecular flexibility index (Phi) is 6.63. The van der Waals surface area contributed by atoms with Gasteiger partial charge in [-0.2, -0.15) is 0 Å². The minimum atomic E-state index is -0.666. The lowest BCUT2D eigenvalue weighted by Gasteiger charge is -2.16. The van der Waals surface area contributed by atoms with E-state index in [2.05, 4.69) is 5.32 Å². The van der Waals surface area contributed by atoms with E-state index in [-0.39, 0.29) is 17.0 Å². The number of rotatable bonds is 8. The van der Waals surface area contributed by atoms with Gasteiger partial charge < -0.3 is 14.8 Å². The zero-order valence-corrected chi connectivity index (χ0v) is 19.2. The number of carbonyl (C=O) groups excluding carboxylic acids is 2. The molecule has 0 spiro atoms. The topological polar surface area (TPSA) is 67.9 Å². The molecule has 6 nitrogen and oxygen atoms in total. The van der Waals surface area contributed by atoms with Crippen LogP contribution in [0.15, 0.2) is 72.4 Å². The largest absolute Gasteiger partial charge is 0.495 e. The van der Waals surface area contributed by atoms with Gasteiger partial charge in [-0.05, 0) is 60.9 Å². The summed E-state index contributed by atoms with van der Waals surface area (Å²) in [7, 11) is 1.52. The summed E-state index contributed by atoms with van der Waals surface area (Å²) in [6.45, 7) is 4.49. The summed E-state index contributed by atoms with van der Waals surface area (Å²) in [5, 5.41) is 3.09. The second-order valence-corrected chi connectivity index (χ2v) is 7.85. The van der Waals surface area contributed by atoms with Gasteiger partial charge in [0.05, 0.1) is 30.7 Å². The Bertz CT molecular complexity index is 1270. The highest BCUT2D eigenvalue weighted by Gasteiger charge is 2.41. The number of aryl methyl sites for hydroxylation is 1. The summed E-state index contributed by atoms with van der Waals surface area (Å²) in [6.07, 6.45) is 0.865. The van der Waals surface area contributed by atoms with E-state index in [1.165, 1.54) is 25.3 Å². The molecule has 0 unspecified atom stereocenters. The molecule has 1 aliphatic rings. The SMILES string of the molecule is CCCOc1ccc(C2=C(Nc3cc(C)ccc3OC)C(=O)N(c3ccccc3F)C2=O)cc1. The molecule has 0 bridgehead atoms. The average Bonchev–Trinajstić information content (AvgIpc) is 3.08. The third-order valence-corrected chi connectivity index (χ3v) is 5.41. The van der Waals surface area contributed by atoms with Gasteiger partial charge in [0, 0.05) is 0 Å². The predicted molar refractivity (Wildman–Crippen MR) is 129 cm³/mol. The number of amides is 2. The predicted octanol–water partition coefficient (Wildman–Crippen LogP) is 5.33. The number of anilines is 2. The van der Waals surface area contributed by atoms with Crippen molar-refractivity contribution in [2.45, 2.75) is 20.3 Å². The van der Waals surface area contributed by atoms with Gasteiger partial charge in [-0.3, -0.25) is 9.59 Å². The summed E-state index contributed by atoms with van der Waals surface area (Å²) >= 11 is 0. The maximum atomic E-state index is 14.6. The number of nitrogens with zero attached hydrogens (tertiary/aromatic N) is 1. The molecule has 3 aromatic rings. The van der Waals surface area contributed by atoms with Gasteiger partial charge in [0.15, 0.2) is 0 Å². The second-order valence-electron chi connectivity index (χ2n) is 7.85. The summed E-state index contributed by atoms with van der Waals surface area (Å²) in [5.41, 5.74) is 2.04. The minimum absolute atomic E-state index is 0.0411. The second kappa shape index (κ2) is 9.79. The van der Waals surface area contributed by atoms with E-state index in [4.69, 9.17) is 9.47 Å². The van der Waals surface area contributed by atoms with Gasteiger partial charge in [0.2, 0.25) is 0 Å². The molecule has 0 saturated carbocycles. The van der Waals surface area contributed by atoms with E-state index in [9.17, 15) is 14.0 Å². The zero-order chi connectivity index (χ0) is 24.2. The van der Waals surface area contributed by atoms with Crippen LogP contribution in [0.4, 0.5) is 15.8 Å². The first-order valence-electron chi connectivity index (χ1n) is 11.0. The van der Waals surface area contributed by atoms with Crippen LogP contribution in [0.3, 0.4) is 0 Å². The van der Waals surface area contributed by atoms with Crippen LogP contribution in [0.1, 0.15) is 24.5 Å². The number of halogens is 1. The summed E-state index contributed by atoms with van der Waals surface area (Å²) < 4.78 is 25.7. The highest BCUT2D eigenvalue weighted by atomic mass is 19.1. The number of ether oxygens (including phenoxy) is 2. The van der Waals surface area contributed by atoms with Crippen molar-refractivity contribution in [1.29, 1.82) is 0 Å². The van der Waals surface area contributed by atoms with Gasteiger partial charge in [-0.15, -0.1) is 0 Å². The molecule has 1 heterocycles. The van der Waals surface area contributed by atoms with Crippen molar-refractivity contribution in [2.24, 2.45) is 0 Å². The van der Waals surface area contributed by atoms with Crippen molar-refractivity contribution >= 4 is 28.8 Å². The van der Waals surface area contributed by atoms with Crippen LogP contribution in [0.25, 0.3) is 5.57 Å². The zero-order valence-electron chi connectivity index (χ0n) is 19.2. The Morgan fingerprint density at radius 3 is 2.38 bits per heavy atom. The Balaban J connectivity index is 1.82. The molecule has 1 N–H and O–H groups in total. The molecule has 0 fully saturated rings. The van der Waals surface area contributed by atoms with Gasteiger partial charge in [0.25, 0.3) is 11.8 Å². The van der Waals surface area contributed by atoms with Gasteiger partial charge >= 0.3 is 0 Å². The fourth-order valence-electron chi connectivity index (χ4n) is 3.76. The standard InChI is InChI=1S/C27H25FN2O4/c1-4-15-34-19-12-10-18(11-13-19)24-25(29-21-16-17(2)9-14-23(21)33-3)27(32)30(26(24)31)22-8-6-5-7-20(22)28/h5-14,16,29H,4,15H2,1-3H3. The molecule has 3 aromatic carbocycles. The normalized spacial score (nSPS) is 13.5. The number of nitrogens with one attached hydrogen (secondary N) is 1. The molecule has 0 aromatic heterocycles. The van der Waals surface area contributed by atoms with Crippen LogP contribution in [0, 0.1) is 12.7 Å². The molecular weight excluding hydrogens is 435 g/mol. The van der Waals surface area contributed by atoms with Crippen LogP contribution in [0.2, 0.25) is 0 Å². The monoisotopic (exact) mass is 460 g/mol. The molecule has 34 heavy (non-hydrogen) atoms. The molecule has 0 saturated heterocycles. The lowest BCUT2D eigenvalue weighted by molar-refractivity contribution is -0.120. The third kappa shape index (κ3) is 4.37. The van der Waals surface area contributed by atoms with E-state index in [0.717, 1.165) is 16.9 Å². The molecule has 4 rings (SSSR count). The van der Waals surface area contributed by atoms with Crippen LogP contribution in [-0.2, 0) is 9.59 Å². The Morgan fingerprint density at radius 2 is 1.71 bits per heavy atom. The lowest BCUT2D eigenvalue weighted by Crippen LogP contribution is -2.33. The van der Waals surface area contributed by atoms with Crippen LogP contribution < -0.4 is 19.7 Å². The first kappa shape index (κ1) is 23.0. The highest BCUT2D eigenvalue weighted by Crippen LogP contribution is 2.37. The number of benzene rings is 3. The first-order valence-corrected chi connectivity index (χ1v) is 11.0. The Labute approximate surface area is 197 Å². The molecule has 1 aliphatic heterocycles. The smallest absolute Gasteiger partial charge is 0.282 e. The molecular formula is C27H25FN2O4. The van der Waals surface area contributed by atoms with Crippen molar-refractivity contribution < 1.29 is 23.5 Å². The summed E-state index contributed by atoms with van der Waals surface area (Å²) in [5.74, 6) is -0.776. The van der Waals surface area contributed by atoms with Crippen molar-refractivity contribution in [2.75, 3.05) is 23.9 Å². The van der Waals surface area contributed by atoms with E-state index >= 15 is 0 Å². The maximum absolute atomic E-state index is 14.6. The van der Waals surface area contributed by atoms with Crippen LogP contribution >= 0.6 is 0 Å². The van der Waals surface area contributed by atoms with E-state index < -0.39 is 17.6 Å². The first-order chi connectivity index (χ1) is 16.4. The van der Waals surface area contributed by atoms with Crippen LogP contribution in [0.5, 0.6) is 11.5 Å². The van der Waals surface area contributed by atoms with Crippen molar-refractivity contribution in [3.05, 3.63) is 89.4 Å². The van der Waals surface area contributed by atoms with Crippen molar-refractivity contribution in [3.63, 3.8) is 0 Å². The molecule has 7 heteroatoms. The molecule has 0 radical (unpaired) electrons. The van der Waals surface area contributed by atoms with Gasteiger partial charge in [0.1, 0.15) is 23.0 Å². The number of para-hydroxylation sites is 1. The average molecular weight is 461 g/mol. The molecule has 174 valence electrons. The van der Waals surface area contributed by atoms with E-state index in [1.54, 1.807) is 36.4 Å². The minimum Gasteiger partial charge on any atom is -0.495 e. The number of hydrogen-bond donors (Lipinski definition) is 1. The molecule has 0 atom stereocenters. The van der Waals surface area contributed by atoms with Gasteiger partial charge in [-0.1, -0.05) is 37.3 Å². The van der Waals surface area contributed by atoms with Crippen molar-refractivity contribution in [1.82, 2.24) is 0 Å². The fourth-order valence-corrected chi connectivity index (χ4v) is 3.76. The maximum Gasteiger partial charge on any atom is 0.282 e. The van der Waals surface area contributed by atoms with E-state index in [0.29, 0.717) is 29.4 Å². The molecule has 0 aliphatic carbocycles. The summed E-state index contributed by atoms with van der Waals surface area (Å²) in [4.78, 5) is 27.9. The third-order valence-electron chi connectivity index (χ3n) is 5.41. The number of imide groups is 1. The van der Waals surface area contributed by atoms with Crippen LogP contribution in [-0.4, -0.2) is 25.5 Å².